The highest BCUT2D eigenvalue weighted by molar-refractivity contribution is 7.80. The quantitative estimate of drug-likeness (QED) is 0.252. The Morgan fingerprint density at radius 2 is 1.68 bits per heavy atom. The molecule has 7 unspecified atom stereocenters. The van der Waals surface area contributed by atoms with Crippen molar-refractivity contribution in [2.75, 3.05) is 44.3 Å². The molecule has 13 heteroatoms. The Kier molecular flexibility index (Phi) is 10.9. The summed E-state index contributed by atoms with van der Waals surface area (Å²) < 4.78 is 39.7. The number of nitrogens with zero attached hydrogens (tertiary/aromatic N) is 3. The summed E-state index contributed by atoms with van der Waals surface area (Å²) in [5.74, 6) is -0.0585. The highest BCUT2D eigenvalue weighted by Gasteiger charge is 2.47. The third-order valence-electron chi connectivity index (χ3n) is 8.57. The molecular weight excluding hydrogens is 574 g/mol. The van der Waals surface area contributed by atoms with E-state index in [1.54, 1.807) is 38.1 Å². The monoisotopic (exact) mass is 613 g/mol. The number of hydrogen-bond donors (Lipinski definition) is 1. The third-order valence-corrected chi connectivity index (χ3v) is 9.72. The number of anilines is 1. The fourth-order valence-corrected chi connectivity index (χ4v) is 7.81. The van der Waals surface area contributed by atoms with Crippen molar-refractivity contribution in [1.29, 1.82) is 0 Å². The summed E-state index contributed by atoms with van der Waals surface area (Å²) in [6.07, 6.45) is 2.93. The highest BCUT2D eigenvalue weighted by Crippen LogP contribution is 2.43. The van der Waals surface area contributed by atoms with Crippen LogP contribution in [0.25, 0.3) is 0 Å². The van der Waals surface area contributed by atoms with Gasteiger partial charge in [0.15, 0.2) is 0 Å². The number of ether oxygens (including phenoxy) is 3. The Morgan fingerprint density at radius 3 is 2.32 bits per heavy atom. The molecule has 1 aromatic carbocycles. The molecule has 1 saturated carbocycles. The van der Waals surface area contributed by atoms with Gasteiger partial charge in [-0.25, -0.2) is 13.8 Å². The topological polar surface area (TPSA) is 126 Å². The minimum atomic E-state index is -2.35. The number of benzene rings is 1. The van der Waals surface area contributed by atoms with Gasteiger partial charge in [-0.3, -0.25) is 23.5 Å². The molecule has 1 aromatic rings. The first kappa shape index (κ1) is 31.5. The first-order chi connectivity index (χ1) is 19.7. The molecule has 3 fully saturated rings. The number of hydrogen-bond acceptors (Lipinski definition) is 8. The lowest BCUT2D eigenvalue weighted by atomic mass is 9.69. The molecule has 1 amide bonds. The van der Waals surface area contributed by atoms with Crippen LogP contribution in [-0.4, -0.2) is 94.7 Å². The first-order valence-electron chi connectivity index (χ1n) is 14.2. The first-order valence-corrected chi connectivity index (χ1v) is 15.7. The zero-order valence-electron chi connectivity index (χ0n) is 23.8. The minimum absolute atomic E-state index is 0.216. The number of para-hydroxylation sites is 1. The average molecular weight is 614 g/mol. The minimum Gasteiger partial charge on any atom is -0.465 e. The maximum Gasteiger partial charge on any atom is 0.410 e. The number of halogens is 1. The van der Waals surface area contributed by atoms with E-state index in [4.69, 9.17) is 25.8 Å². The van der Waals surface area contributed by atoms with Gasteiger partial charge in [0.05, 0.1) is 37.1 Å². The van der Waals surface area contributed by atoms with Gasteiger partial charge in [0.25, 0.3) is 11.3 Å². The molecule has 2 heterocycles. The van der Waals surface area contributed by atoms with Crippen molar-refractivity contribution >= 4 is 46.6 Å². The van der Waals surface area contributed by atoms with Crippen LogP contribution >= 0.6 is 11.6 Å². The van der Waals surface area contributed by atoms with E-state index < -0.39 is 41.5 Å². The number of likely N-dealkylation sites (tertiary alicyclic amines) is 2. The molecule has 1 N–H and O–H groups in total. The Morgan fingerprint density at radius 1 is 1.00 bits per heavy atom. The van der Waals surface area contributed by atoms with Crippen molar-refractivity contribution in [3.63, 3.8) is 0 Å². The number of piperidine rings is 1. The Hall–Kier alpha value is -2.41. The molecule has 228 valence electrons. The predicted octanol–water partition coefficient (Wildman–Crippen LogP) is 3.73. The van der Waals surface area contributed by atoms with Crippen LogP contribution in [0.3, 0.4) is 0 Å². The van der Waals surface area contributed by atoms with Crippen molar-refractivity contribution in [2.45, 2.75) is 64.1 Å². The molecular formula is C28H40ClN3O8S. The molecule has 4 rings (SSSR count). The number of carbonyl (C=O) groups is 3. The molecule has 0 aromatic heterocycles. The van der Waals surface area contributed by atoms with Crippen molar-refractivity contribution < 1.29 is 37.4 Å². The molecule has 2 saturated heterocycles. The molecule has 0 bridgehead atoms. The average Bonchev–Trinajstić information content (AvgIpc) is 3.36. The number of esters is 2. The molecule has 3 aliphatic rings. The Labute approximate surface area is 248 Å². The molecule has 2 aliphatic heterocycles. The van der Waals surface area contributed by atoms with E-state index in [0.29, 0.717) is 43.2 Å². The maximum atomic E-state index is 13.0. The molecule has 0 radical (unpaired) electrons. The third kappa shape index (κ3) is 7.15. The summed E-state index contributed by atoms with van der Waals surface area (Å²) in [5, 5.41) is 0.355. The number of fused-ring (bicyclic) bond motifs is 1. The number of rotatable bonds is 9. The zero-order valence-corrected chi connectivity index (χ0v) is 25.3. The fourth-order valence-electron chi connectivity index (χ4n) is 6.80. The largest absolute Gasteiger partial charge is 0.465 e. The predicted molar refractivity (Wildman–Crippen MR) is 154 cm³/mol. The van der Waals surface area contributed by atoms with Crippen LogP contribution < -0.4 is 4.31 Å². The molecule has 0 spiro atoms. The van der Waals surface area contributed by atoms with Gasteiger partial charge < -0.3 is 14.2 Å². The Bertz CT molecular complexity index is 1130. The van der Waals surface area contributed by atoms with Gasteiger partial charge in [0, 0.05) is 19.6 Å². The van der Waals surface area contributed by atoms with Gasteiger partial charge >= 0.3 is 18.0 Å². The van der Waals surface area contributed by atoms with Gasteiger partial charge in [-0.2, -0.15) is 0 Å². The van der Waals surface area contributed by atoms with Gasteiger partial charge in [-0.1, -0.05) is 23.7 Å². The summed E-state index contributed by atoms with van der Waals surface area (Å²) in [6.45, 7) is 5.43. The fraction of sp³-hybridized carbons (Fsp3) is 0.679. The van der Waals surface area contributed by atoms with Crippen LogP contribution in [-0.2, 0) is 35.1 Å². The summed E-state index contributed by atoms with van der Waals surface area (Å²) in [5.41, 5.74) is 0.437. The van der Waals surface area contributed by atoms with Crippen molar-refractivity contribution in [3.05, 3.63) is 29.3 Å². The van der Waals surface area contributed by atoms with E-state index in [9.17, 15) is 23.1 Å². The summed E-state index contributed by atoms with van der Waals surface area (Å²) in [6, 6.07) is 5.20. The summed E-state index contributed by atoms with van der Waals surface area (Å²) in [7, 11) is 1.32. The van der Waals surface area contributed by atoms with Crippen LogP contribution in [0.4, 0.5) is 10.5 Å². The Balaban J connectivity index is 1.49. The van der Waals surface area contributed by atoms with Gasteiger partial charge in [0.2, 0.25) is 0 Å². The van der Waals surface area contributed by atoms with E-state index in [0.717, 1.165) is 19.3 Å². The normalized spacial score (nSPS) is 28.9. The second-order valence-electron chi connectivity index (χ2n) is 10.9. The summed E-state index contributed by atoms with van der Waals surface area (Å²) >= 11 is 4.03. The van der Waals surface area contributed by atoms with Crippen molar-refractivity contribution in [2.24, 2.45) is 17.8 Å². The van der Waals surface area contributed by atoms with E-state index in [1.807, 2.05) is 0 Å². The summed E-state index contributed by atoms with van der Waals surface area (Å²) in [4.78, 5) is 41.8. The van der Waals surface area contributed by atoms with Gasteiger partial charge in [-0.05, 0) is 75.8 Å². The molecule has 41 heavy (non-hydrogen) atoms. The van der Waals surface area contributed by atoms with Crippen molar-refractivity contribution in [3.8, 4) is 0 Å². The highest BCUT2D eigenvalue weighted by atomic mass is 35.5. The smallest absolute Gasteiger partial charge is 0.410 e. The number of methoxy groups -OCH3 is 1. The van der Waals surface area contributed by atoms with E-state index in [2.05, 4.69) is 4.90 Å². The van der Waals surface area contributed by atoms with Crippen LogP contribution in [0.5, 0.6) is 0 Å². The second kappa shape index (κ2) is 14.2. The lowest BCUT2D eigenvalue weighted by Gasteiger charge is -2.46. The molecule has 1 aliphatic carbocycles. The van der Waals surface area contributed by atoms with Crippen LogP contribution in [0.1, 0.15) is 46.0 Å². The van der Waals surface area contributed by atoms with Gasteiger partial charge in [-0.15, -0.1) is 0 Å². The SMILES string of the molecule is CCOC(=O)C1CC(N(c2ccccc2Cl)S(=O)O)CN1CC1CCC2CN(C(=O)OC)C(C(=O)OCC)CC2C1. The van der Waals surface area contributed by atoms with E-state index in [-0.39, 0.29) is 36.9 Å². The lowest BCUT2D eigenvalue weighted by Crippen LogP contribution is -2.55. The van der Waals surface area contributed by atoms with Crippen LogP contribution in [0.15, 0.2) is 24.3 Å². The van der Waals surface area contributed by atoms with Crippen molar-refractivity contribution in [1.82, 2.24) is 9.80 Å². The van der Waals surface area contributed by atoms with Crippen LogP contribution in [0, 0.1) is 17.8 Å². The number of amides is 1. The zero-order chi connectivity index (χ0) is 29.7. The van der Waals surface area contributed by atoms with E-state index in [1.165, 1.54) is 16.3 Å². The maximum absolute atomic E-state index is 13.0. The van der Waals surface area contributed by atoms with E-state index >= 15 is 0 Å². The standard InChI is InChI=1S/C28H40ClN3O8S/c1-4-39-26(33)24-14-21(32(41(36)37)23-9-7-6-8-22(23)29)17-30(24)15-18-10-11-19-16-31(28(35)38-3)25(13-20(19)12-18)27(34)40-5-2/h6-9,18-21,24-25H,4-5,10-17H2,1-3H3,(H,36,37). The lowest BCUT2D eigenvalue weighted by molar-refractivity contribution is -0.153. The number of carbonyl (C=O) groups excluding carboxylic acids is 3. The second-order valence-corrected chi connectivity index (χ2v) is 12.2. The molecule has 11 nitrogen and oxygen atoms in total. The van der Waals surface area contributed by atoms with Crippen LogP contribution in [0.2, 0.25) is 5.02 Å². The van der Waals surface area contributed by atoms with Gasteiger partial charge in [0.1, 0.15) is 12.1 Å². The molecule has 7 atom stereocenters.